The van der Waals surface area contributed by atoms with E-state index in [0.717, 1.165) is 32.2 Å². The van der Waals surface area contributed by atoms with Crippen LogP contribution in [-0.2, 0) is 4.79 Å². The molecule has 15 heavy (non-hydrogen) atoms. The van der Waals surface area contributed by atoms with Gasteiger partial charge in [0.05, 0.1) is 0 Å². The van der Waals surface area contributed by atoms with Crippen molar-refractivity contribution in [3.63, 3.8) is 0 Å². The molecule has 1 aliphatic carbocycles. The Hall–Kier alpha value is -0.570. The Labute approximate surface area is 92.8 Å². The van der Waals surface area contributed by atoms with Crippen LogP contribution in [0.15, 0.2) is 0 Å². The molecule has 0 saturated heterocycles. The third kappa shape index (κ3) is 3.20. The highest BCUT2D eigenvalue weighted by Crippen LogP contribution is 2.46. The fourth-order valence-corrected chi connectivity index (χ4v) is 2.40. The molecule has 0 spiro atoms. The van der Waals surface area contributed by atoms with Crippen molar-refractivity contribution in [3.8, 4) is 0 Å². The van der Waals surface area contributed by atoms with Crippen molar-refractivity contribution in [2.75, 3.05) is 13.1 Å². The second-order valence-corrected chi connectivity index (χ2v) is 5.13. The number of hydrogen-bond donors (Lipinski definition) is 2. The normalized spacial score (nSPS) is 18.7. The van der Waals surface area contributed by atoms with Gasteiger partial charge in [0.25, 0.3) is 0 Å². The molecule has 3 heteroatoms. The SMILES string of the molecule is CC(C)CC1(C(=O)NCCCN)CCC1. The van der Waals surface area contributed by atoms with Gasteiger partial charge in [0.2, 0.25) is 5.91 Å². The van der Waals surface area contributed by atoms with Crippen molar-refractivity contribution < 1.29 is 4.79 Å². The average molecular weight is 212 g/mol. The Morgan fingerprint density at radius 2 is 2.13 bits per heavy atom. The van der Waals surface area contributed by atoms with Gasteiger partial charge in [-0.2, -0.15) is 0 Å². The standard InChI is InChI=1S/C12H24N2O/c1-10(2)9-12(5-3-6-12)11(15)14-8-4-7-13/h10H,3-9,13H2,1-2H3,(H,14,15). The molecule has 0 aromatic carbocycles. The van der Waals surface area contributed by atoms with E-state index in [1.165, 1.54) is 6.42 Å². The van der Waals surface area contributed by atoms with Crippen LogP contribution in [0.2, 0.25) is 0 Å². The Bertz CT molecular complexity index is 210. The Balaban J connectivity index is 2.39. The Morgan fingerprint density at radius 3 is 2.53 bits per heavy atom. The first-order valence-corrected chi connectivity index (χ1v) is 6.09. The molecule has 88 valence electrons. The molecule has 1 saturated carbocycles. The van der Waals surface area contributed by atoms with Gasteiger partial charge in [-0.3, -0.25) is 4.79 Å². The third-order valence-corrected chi connectivity index (χ3v) is 3.26. The number of amides is 1. The maximum Gasteiger partial charge on any atom is 0.226 e. The van der Waals surface area contributed by atoms with E-state index >= 15 is 0 Å². The highest BCUT2D eigenvalue weighted by molar-refractivity contribution is 5.83. The van der Waals surface area contributed by atoms with Crippen molar-refractivity contribution >= 4 is 5.91 Å². The molecular formula is C12H24N2O. The van der Waals surface area contributed by atoms with E-state index in [-0.39, 0.29) is 11.3 Å². The lowest BCUT2D eigenvalue weighted by atomic mass is 9.64. The summed E-state index contributed by atoms with van der Waals surface area (Å²) in [6, 6.07) is 0. The second-order valence-electron chi connectivity index (χ2n) is 5.13. The van der Waals surface area contributed by atoms with E-state index in [2.05, 4.69) is 19.2 Å². The van der Waals surface area contributed by atoms with Crippen LogP contribution in [0.4, 0.5) is 0 Å². The first-order valence-electron chi connectivity index (χ1n) is 6.09. The molecule has 0 heterocycles. The van der Waals surface area contributed by atoms with E-state index in [1.807, 2.05) is 0 Å². The molecule has 0 atom stereocenters. The fourth-order valence-electron chi connectivity index (χ4n) is 2.40. The molecule has 0 bridgehead atoms. The van der Waals surface area contributed by atoms with Gasteiger partial charge >= 0.3 is 0 Å². The third-order valence-electron chi connectivity index (χ3n) is 3.26. The van der Waals surface area contributed by atoms with Crippen LogP contribution in [0.1, 0.15) is 46.0 Å². The number of carbonyl (C=O) groups is 1. The number of rotatable bonds is 6. The van der Waals surface area contributed by atoms with Crippen molar-refractivity contribution in [1.29, 1.82) is 0 Å². The molecule has 1 amide bonds. The van der Waals surface area contributed by atoms with Gasteiger partial charge in [0.1, 0.15) is 0 Å². The molecule has 3 N–H and O–H groups in total. The molecule has 1 fully saturated rings. The van der Waals surface area contributed by atoms with Crippen molar-refractivity contribution in [2.24, 2.45) is 17.1 Å². The lowest BCUT2D eigenvalue weighted by Crippen LogP contribution is -2.46. The van der Waals surface area contributed by atoms with E-state index in [4.69, 9.17) is 5.73 Å². The predicted molar refractivity (Wildman–Crippen MR) is 62.4 cm³/mol. The predicted octanol–water partition coefficient (Wildman–Crippen LogP) is 1.67. The van der Waals surface area contributed by atoms with Crippen LogP contribution in [-0.4, -0.2) is 19.0 Å². The quantitative estimate of drug-likeness (QED) is 0.658. The summed E-state index contributed by atoms with van der Waals surface area (Å²) in [5.74, 6) is 0.862. The molecule has 0 radical (unpaired) electrons. The van der Waals surface area contributed by atoms with Crippen LogP contribution in [0.25, 0.3) is 0 Å². The van der Waals surface area contributed by atoms with E-state index in [9.17, 15) is 4.79 Å². The van der Waals surface area contributed by atoms with Crippen LogP contribution in [0.3, 0.4) is 0 Å². The van der Waals surface area contributed by atoms with Crippen molar-refractivity contribution in [1.82, 2.24) is 5.32 Å². The summed E-state index contributed by atoms with van der Waals surface area (Å²) in [6.45, 7) is 5.76. The molecule has 1 aliphatic rings. The lowest BCUT2D eigenvalue weighted by molar-refractivity contribution is -0.137. The highest BCUT2D eigenvalue weighted by atomic mass is 16.2. The average Bonchev–Trinajstić information content (AvgIpc) is 2.11. The van der Waals surface area contributed by atoms with Gasteiger partial charge in [-0.25, -0.2) is 0 Å². The number of carbonyl (C=O) groups excluding carboxylic acids is 1. The molecule has 0 aliphatic heterocycles. The highest BCUT2D eigenvalue weighted by Gasteiger charge is 2.43. The summed E-state index contributed by atoms with van der Waals surface area (Å²) in [7, 11) is 0. The monoisotopic (exact) mass is 212 g/mol. The minimum atomic E-state index is -0.0389. The number of hydrogen-bond acceptors (Lipinski definition) is 2. The fraction of sp³-hybridized carbons (Fsp3) is 0.917. The summed E-state index contributed by atoms with van der Waals surface area (Å²) in [5.41, 5.74) is 5.36. The van der Waals surface area contributed by atoms with Crippen LogP contribution < -0.4 is 11.1 Å². The molecule has 0 aromatic heterocycles. The molecule has 3 nitrogen and oxygen atoms in total. The Kier molecular flexibility index (Phi) is 4.58. The molecule has 0 aromatic rings. The molecular weight excluding hydrogens is 188 g/mol. The van der Waals surface area contributed by atoms with E-state index in [0.29, 0.717) is 12.5 Å². The van der Waals surface area contributed by atoms with Gasteiger partial charge in [-0.05, 0) is 38.1 Å². The molecule has 1 rings (SSSR count). The van der Waals surface area contributed by atoms with Crippen LogP contribution in [0, 0.1) is 11.3 Å². The zero-order chi connectivity index (χ0) is 11.3. The van der Waals surface area contributed by atoms with E-state index in [1.54, 1.807) is 0 Å². The lowest BCUT2D eigenvalue weighted by Gasteiger charge is -2.41. The first-order chi connectivity index (χ1) is 7.10. The maximum atomic E-state index is 12.0. The van der Waals surface area contributed by atoms with Gasteiger partial charge in [-0.1, -0.05) is 20.3 Å². The van der Waals surface area contributed by atoms with Gasteiger partial charge < -0.3 is 11.1 Å². The summed E-state index contributed by atoms with van der Waals surface area (Å²) in [6.07, 6.45) is 5.25. The smallest absolute Gasteiger partial charge is 0.226 e. The van der Waals surface area contributed by atoms with Crippen molar-refractivity contribution in [3.05, 3.63) is 0 Å². The van der Waals surface area contributed by atoms with Gasteiger partial charge in [0, 0.05) is 12.0 Å². The maximum absolute atomic E-state index is 12.0. The van der Waals surface area contributed by atoms with Crippen molar-refractivity contribution in [2.45, 2.75) is 46.0 Å². The largest absolute Gasteiger partial charge is 0.356 e. The van der Waals surface area contributed by atoms with Crippen LogP contribution >= 0.6 is 0 Å². The number of nitrogens with two attached hydrogens (primary N) is 1. The summed E-state index contributed by atoms with van der Waals surface area (Å²) in [5, 5.41) is 3.01. The minimum Gasteiger partial charge on any atom is -0.356 e. The number of nitrogens with one attached hydrogen (secondary N) is 1. The summed E-state index contributed by atoms with van der Waals surface area (Å²) < 4.78 is 0. The van der Waals surface area contributed by atoms with E-state index < -0.39 is 0 Å². The zero-order valence-electron chi connectivity index (χ0n) is 10.0. The van der Waals surface area contributed by atoms with Crippen LogP contribution in [0.5, 0.6) is 0 Å². The summed E-state index contributed by atoms with van der Waals surface area (Å²) in [4.78, 5) is 12.0. The van der Waals surface area contributed by atoms with Gasteiger partial charge in [0.15, 0.2) is 0 Å². The van der Waals surface area contributed by atoms with Gasteiger partial charge in [-0.15, -0.1) is 0 Å². The zero-order valence-corrected chi connectivity index (χ0v) is 10.0. The summed E-state index contributed by atoms with van der Waals surface area (Å²) >= 11 is 0. The minimum absolute atomic E-state index is 0.0389. The second kappa shape index (κ2) is 5.50. The Morgan fingerprint density at radius 1 is 1.47 bits per heavy atom. The first kappa shape index (κ1) is 12.5. The molecule has 0 unspecified atom stereocenters. The topological polar surface area (TPSA) is 55.1 Å².